The summed E-state index contributed by atoms with van der Waals surface area (Å²) in [6, 6.07) is 0. The van der Waals surface area contributed by atoms with Gasteiger partial charge in [0.15, 0.2) is 0 Å². The Balaban J connectivity index is 4.21. The summed E-state index contributed by atoms with van der Waals surface area (Å²) in [6.07, 6.45) is 2.18. The van der Waals surface area contributed by atoms with E-state index in [0.29, 0.717) is 13.1 Å². The van der Waals surface area contributed by atoms with E-state index in [2.05, 4.69) is 18.6 Å². The number of nitrogens with zero attached hydrogens (tertiary/aromatic N) is 1. The highest BCUT2D eigenvalue weighted by molar-refractivity contribution is 7.88. The maximum Gasteiger partial charge on any atom is 0.208 e. The second-order valence-electron chi connectivity index (χ2n) is 4.23. The lowest BCUT2D eigenvalue weighted by molar-refractivity contribution is -0.923. The fourth-order valence-electron chi connectivity index (χ4n) is 1.86. The Morgan fingerprint density at radius 1 is 1.19 bits per heavy atom. The zero-order chi connectivity index (χ0) is 12.7. The first kappa shape index (κ1) is 15.8. The molecule has 0 aliphatic rings. The molecule has 98 valence electrons. The van der Waals surface area contributed by atoms with E-state index in [1.807, 2.05) is 0 Å². The van der Waals surface area contributed by atoms with Gasteiger partial charge in [-0.25, -0.2) is 13.1 Å². The molecule has 0 bridgehead atoms. The van der Waals surface area contributed by atoms with Crippen LogP contribution in [0.5, 0.6) is 0 Å². The van der Waals surface area contributed by atoms with Crippen molar-refractivity contribution in [3.05, 3.63) is 0 Å². The molecule has 0 saturated heterocycles. The van der Waals surface area contributed by atoms with Gasteiger partial charge in [0, 0.05) is 6.42 Å². The van der Waals surface area contributed by atoms with Crippen molar-refractivity contribution in [1.29, 1.82) is 0 Å². The first-order valence-electron chi connectivity index (χ1n) is 5.89. The second-order valence-corrected chi connectivity index (χ2v) is 6.06. The van der Waals surface area contributed by atoms with E-state index < -0.39 is 10.0 Å². The number of rotatable bonds is 9. The summed E-state index contributed by atoms with van der Waals surface area (Å²) in [6.45, 7) is 9.37. The lowest BCUT2D eigenvalue weighted by Gasteiger charge is -2.37. The van der Waals surface area contributed by atoms with E-state index in [1.54, 1.807) is 0 Å². The highest BCUT2D eigenvalue weighted by Crippen LogP contribution is 2.06. The van der Waals surface area contributed by atoms with Gasteiger partial charge in [-0.1, -0.05) is 0 Å². The summed E-state index contributed by atoms with van der Waals surface area (Å²) in [5.74, 6) is 0. The Labute approximate surface area is 99.6 Å². The molecular formula is C10H26N3O2S+. The predicted molar refractivity (Wildman–Crippen MR) is 67.6 cm³/mol. The average Bonchev–Trinajstić information content (AvgIpc) is 2.22. The van der Waals surface area contributed by atoms with Gasteiger partial charge in [0.05, 0.1) is 39.0 Å². The molecule has 0 saturated carbocycles. The highest BCUT2D eigenvalue weighted by Gasteiger charge is 2.22. The molecule has 0 fully saturated rings. The maximum absolute atomic E-state index is 11.0. The molecule has 0 amide bonds. The zero-order valence-electron chi connectivity index (χ0n) is 10.7. The third-order valence-electron chi connectivity index (χ3n) is 3.13. The van der Waals surface area contributed by atoms with Crippen molar-refractivity contribution in [2.24, 2.45) is 5.73 Å². The molecule has 0 unspecified atom stereocenters. The highest BCUT2D eigenvalue weighted by atomic mass is 32.2. The Morgan fingerprint density at radius 2 is 1.75 bits per heavy atom. The first-order chi connectivity index (χ1) is 7.39. The number of quaternary nitrogens is 1. The fraction of sp³-hybridized carbons (Fsp3) is 1.00. The van der Waals surface area contributed by atoms with E-state index >= 15 is 0 Å². The van der Waals surface area contributed by atoms with Gasteiger partial charge >= 0.3 is 0 Å². The monoisotopic (exact) mass is 252 g/mol. The minimum atomic E-state index is -3.07. The molecule has 0 aromatic rings. The minimum Gasteiger partial charge on any atom is -0.330 e. The van der Waals surface area contributed by atoms with Crippen molar-refractivity contribution >= 4 is 10.0 Å². The number of hydrogen-bond donors (Lipinski definition) is 2. The van der Waals surface area contributed by atoms with Gasteiger partial charge < -0.3 is 10.2 Å². The summed E-state index contributed by atoms with van der Waals surface area (Å²) in [5, 5.41) is 0. The largest absolute Gasteiger partial charge is 0.330 e. The van der Waals surface area contributed by atoms with Gasteiger partial charge in [0.1, 0.15) is 0 Å². The van der Waals surface area contributed by atoms with Crippen molar-refractivity contribution in [2.45, 2.75) is 20.3 Å². The number of nitrogens with one attached hydrogen (secondary N) is 1. The molecule has 0 aromatic carbocycles. The molecule has 3 N–H and O–H groups in total. The van der Waals surface area contributed by atoms with Crippen molar-refractivity contribution in [3.63, 3.8) is 0 Å². The van der Waals surface area contributed by atoms with Crippen LogP contribution in [0, 0.1) is 0 Å². The summed E-state index contributed by atoms with van der Waals surface area (Å²) < 4.78 is 25.4. The van der Waals surface area contributed by atoms with Crippen LogP contribution in [-0.4, -0.2) is 58.4 Å². The molecule has 0 aromatic heterocycles. The maximum atomic E-state index is 11.0. The Bertz CT molecular complexity index is 274. The summed E-state index contributed by atoms with van der Waals surface area (Å²) in [7, 11) is -3.07. The van der Waals surface area contributed by atoms with Crippen molar-refractivity contribution < 1.29 is 12.9 Å². The van der Waals surface area contributed by atoms with Crippen molar-refractivity contribution in [1.82, 2.24) is 4.72 Å². The minimum absolute atomic E-state index is 0.505. The number of nitrogens with two attached hydrogens (primary N) is 1. The topological polar surface area (TPSA) is 72.2 Å². The number of likely N-dealkylation sites (N-methyl/N-ethyl adjacent to an activating group) is 1. The SMILES string of the molecule is CC[N+](CC)(CCCN)CCNS(C)(=O)=O. The number of sulfonamides is 1. The van der Waals surface area contributed by atoms with Gasteiger partial charge in [-0.05, 0) is 20.4 Å². The molecule has 0 atom stereocenters. The molecule has 6 heteroatoms. The first-order valence-corrected chi connectivity index (χ1v) is 7.78. The van der Waals surface area contributed by atoms with Crippen LogP contribution in [0.4, 0.5) is 0 Å². The molecule has 0 heterocycles. The van der Waals surface area contributed by atoms with Crippen LogP contribution in [0.15, 0.2) is 0 Å². The van der Waals surface area contributed by atoms with Gasteiger partial charge in [-0.3, -0.25) is 0 Å². The summed E-state index contributed by atoms with van der Waals surface area (Å²) >= 11 is 0. The molecule has 0 aliphatic heterocycles. The average molecular weight is 252 g/mol. The summed E-state index contributed by atoms with van der Waals surface area (Å²) in [4.78, 5) is 0. The van der Waals surface area contributed by atoms with Gasteiger partial charge in [-0.15, -0.1) is 0 Å². The zero-order valence-corrected chi connectivity index (χ0v) is 11.5. The van der Waals surface area contributed by atoms with E-state index in [1.165, 1.54) is 6.26 Å². The molecule has 0 radical (unpaired) electrons. The van der Waals surface area contributed by atoms with E-state index in [0.717, 1.165) is 37.1 Å². The second kappa shape index (κ2) is 7.21. The Kier molecular flexibility index (Phi) is 7.14. The van der Waals surface area contributed by atoms with Crippen molar-refractivity contribution in [2.75, 3.05) is 45.5 Å². The number of hydrogen-bond acceptors (Lipinski definition) is 3. The summed E-state index contributed by atoms with van der Waals surface area (Å²) in [5.41, 5.74) is 5.52. The van der Waals surface area contributed by atoms with E-state index in [9.17, 15) is 8.42 Å². The molecule has 0 rings (SSSR count). The quantitative estimate of drug-likeness (QED) is 0.555. The van der Waals surface area contributed by atoms with Gasteiger partial charge in [0.2, 0.25) is 10.0 Å². The molecule has 5 nitrogen and oxygen atoms in total. The lowest BCUT2D eigenvalue weighted by Crippen LogP contribution is -2.52. The van der Waals surface area contributed by atoms with Crippen LogP contribution >= 0.6 is 0 Å². The Morgan fingerprint density at radius 3 is 2.12 bits per heavy atom. The third kappa shape index (κ3) is 6.42. The van der Waals surface area contributed by atoms with Crippen LogP contribution in [0.3, 0.4) is 0 Å². The molecular weight excluding hydrogens is 226 g/mol. The van der Waals surface area contributed by atoms with Crippen LogP contribution < -0.4 is 10.5 Å². The van der Waals surface area contributed by atoms with E-state index in [-0.39, 0.29) is 0 Å². The van der Waals surface area contributed by atoms with E-state index in [4.69, 9.17) is 5.73 Å². The van der Waals surface area contributed by atoms with Crippen molar-refractivity contribution in [3.8, 4) is 0 Å². The Hall–Kier alpha value is -0.170. The molecule has 0 spiro atoms. The van der Waals surface area contributed by atoms with Gasteiger partial charge in [-0.2, -0.15) is 0 Å². The molecule has 16 heavy (non-hydrogen) atoms. The predicted octanol–water partition coefficient (Wildman–Crippen LogP) is -0.259. The van der Waals surface area contributed by atoms with Crippen LogP contribution in [0.25, 0.3) is 0 Å². The normalized spacial score (nSPS) is 13.0. The standard InChI is InChI=1S/C10H26N3O2S/c1-4-13(5-2,9-6-7-11)10-8-12-16(3,14)15/h12H,4-11H2,1-3H3/q+1. The van der Waals surface area contributed by atoms with Crippen LogP contribution in [-0.2, 0) is 10.0 Å². The third-order valence-corrected chi connectivity index (χ3v) is 3.86. The van der Waals surface area contributed by atoms with Crippen LogP contribution in [0.2, 0.25) is 0 Å². The smallest absolute Gasteiger partial charge is 0.208 e. The fourth-order valence-corrected chi connectivity index (χ4v) is 2.32. The van der Waals surface area contributed by atoms with Crippen LogP contribution in [0.1, 0.15) is 20.3 Å². The lowest BCUT2D eigenvalue weighted by atomic mass is 10.2. The van der Waals surface area contributed by atoms with Gasteiger partial charge in [0.25, 0.3) is 0 Å². The molecule has 0 aliphatic carbocycles.